The van der Waals surface area contributed by atoms with Gasteiger partial charge in [0.15, 0.2) is 0 Å². The Morgan fingerprint density at radius 1 is 1.50 bits per heavy atom. The summed E-state index contributed by atoms with van der Waals surface area (Å²) in [5, 5.41) is 26.0. The van der Waals surface area contributed by atoms with E-state index in [0.717, 1.165) is 30.7 Å². The van der Waals surface area contributed by atoms with Crippen LogP contribution in [0.15, 0.2) is 0 Å². The summed E-state index contributed by atoms with van der Waals surface area (Å²) in [4.78, 5) is 0. The van der Waals surface area contributed by atoms with Gasteiger partial charge in [-0.25, -0.2) is 4.68 Å². The molecule has 0 aliphatic heterocycles. The van der Waals surface area contributed by atoms with Crippen LogP contribution in [0.1, 0.15) is 44.1 Å². The number of rotatable bonds is 6. The van der Waals surface area contributed by atoms with Gasteiger partial charge in [0.2, 0.25) is 0 Å². The third-order valence-corrected chi connectivity index (χ3v) is 2.63. The number of nitrogens with zero attached hydrogens (tertiary/aromatic N) is 4. The van der Waals surface area contributed by atoms with Gasteiger partial charge in [-0.2, -0.15) is 5.26 Å². The molecular weight excluding hydrogens is 204 g/mol. The predicted molar refractivity (Wildman–Crippen MR) is 59.7 cm³/mol. The van der Waals surface area contributed by atoms with Crippen LogP contribution in [-0.2, 0) is 12.8 Å². The molecule has 0 saturated carbocycles. The maximum absolute atomic E-state index is 9.26. The van der Waals surface area contributed by atoms with Gasteiger partial charge in [0.1, 0.15) is 0 Å². The van der Waals surface area contributed by atoms with E-state index in [1.165, 1.54) is 0 Å². The quantitative estimate of drug-likeness (QED) is 0.785. The Morgan fingerprint density at radius 3 is 2.75 bits per heavy atom. The summed E-state index contributed by atoms with van der Waals surface area (Å²) in [6.45, 7) is 4.14. The summed E-state index contributed by atoms with van der Waals surface area (Å²) < 4.78 is 1.77. The molecule has 1 aromatic rings. The van der Waals surface area contributed by atoms with Crippen molar-refractivity contribution >= 4 is 0 Å². The highest BCUT2D eigenvalue weighted by Gasteiger charge is 2.17. The monoisotopic (exact) mass is 222 g/mol. The molecular formula is C11H18N4O. The minimum Gasteiger partial charge on any atom is -0.394 e. The van der Waals surface area contributed by atoms with E-state index in [-0.39, 0.29) is 19.1 Å². The van der Waals surface area contributed by atoms with Gasteiger partial charge in [0.05, 0.1) is 36.5 Å². The number of nitriles is 1. The van der Waals surface area contributed by atoms with E-state index < -0.39 is 0 Å². The van der Waals surface area contributed by atoms with Crippen LogP contribution >= 0.6 is 0 Å². The van der Waals surface area contributed by atoms with Crippen LogP contribution in [0, 0.1) is 11.3 Å². The maximum atomic E-state index is 9.26. The topological polar surface area (TPSA) is 74.7 Å². The van der Waals surface area contributed by atoms with Crippen LogP contribution in [0.25, 0.3) is 0 Å². The van der Waals surface area contributed by atoms with Crippen molar-refractivity contribution < 1.29 is 5.11 Å². The number of hydrogen-bond acceptors (Lipinski definition) is 4. The number of aromatic nitrogens is 3. The molecule has 0 bridgehead atoms. The Kier molecular flexibility index (Phi) is 4.93. The average molecular weight is 222 g/mol. The summed E-state index contributed by atoms with van der Waals surface area (Å²) >= 11 is 0. The molecule has 0 radical (unpaired) electrons. The molecule has 1 aromatic heterocycles. The molecule has 0 aliphatic rings. The van der Waals surface area contributed by atoms with E-state index >= 15 is 0 Å². The molecule has 1 rings (SSSR count). The SMILES string of the molecule is CCCc1c(CC#N)nnn1C(CC)CO. The largest absolute Gasteiger partial charge is 0.394 e. The standard InChI is InChI=1S/C11H18N4O/c1-3-5-11-10(6-7-12)13-14-15(11)9(4-2)8-16/h9,16H,3-6,8H2,1-2H3. The molecule has 1 atom stereocenters. The summed E-state index contributed by atoms with van der Waals surface area (Å²) in [6, 6.07) is 2.07. The molecule has 0 spiro atoms. The number of aliphatic hydroxyl groups excluding tert-OH is 1. The molecule has 16 heavy (non-hydrogen) atoms. The Morgan fingerprint density at radius 2 is 2.25 bits per heavy atom. The van der Waals surface area contributed by atoms with Crippen molar-refractivity contribution in [3.63, 3.8) is 0 Å². The van der Waals surface area contributed by atoms with E-state index in [4.69, 9.17) is 5.26 Å². The smallest absolute Gasteiger partial charge is 0.0999 e. The molecule has 5 heteroatoms. The first-order valence-electron chi connectivity index (χ1n) is 5.69. The summed E-state index contributed by atoms with van der Waals surface area (Å²) in [7, 11) is 0. The lowest BCUT2D eigenvalue weighted by Gasteiger charge is -2.14. The van der Waals surface area contributed by atoms with Gasteiger partial charge in [-0.1, -0.05) is 25.5 Å². The van der Waals surface area contributed by atoms with Crippen molar-refractivity contribution in [1.29, 1.82) is 5.26 Å². The highest BCUT2D eigenvalue weighted by atomic mass is 16.3. The van der Waals surface area contributed by atoms with Crippen molar-refractivity contribution in [3.8, 4) is 6.07 Å². The fourth-order valence-electron chi connectivity index (χ4n) is 1.73. The lowest BCUT2D eigenvalue weighted by Crippen LogP contribution is -2.17. The lowest BCUT2D eigenvalue weighted by molar-refractivity contribution is 0.210. The van der Waals surface area contributed by atoms with Crippen LogP contribution < -0.4 is 0 Å². The minimum absolute atomic E-state index is 0.0264. The third kappa shape index (κ3) is 2.58. The van der Waals surface area contributed by atoms with Gasteiger partial charge in [0.25, 0.3) is 0 Å². The summed E-state index contributed by atoms with van der Waals surface area (Å²) in [6.07, 6.45) is 2.92. The second-order valence-electron chi connectivity index (χ2n) is 3.76. The van der Waals surface area contributed by atoms with Crippen LogP contribution in [0.2, 0.25) is 0 Å². The van der Waals surface area contributed by atoms with Crippen LogP contribution in [0.4, 0.5) is 0 Å². The van der Waals surface area contributed by atoms with E-state index in [0.29, 0.717) is 0 Å². The van der Waals surface area contributed by atoms with E-state index in [1.807, 2.05) is 6.92 Å². The van der Waals surface area contributed by atoms with Crippen molar-refractivity contribution in [2.45, 2.75) is 45.6 Å². The second-order valence-corrected chi connectivity index (χ2v) is 3.76. The average Bonchev–Trinajstić information content (AvgIpc) is 2.66. The van der Waals surface area contributed by atoms with Gasteiger partial charge in [-0.15, -0.1) is 5.10 Å². The summed E-state index contributed by atoms with van der Waals surface area (Å²) in [5.74, 6) is 0. The van der Waals surface area contributed by atoms with E-state index in [2.05, 4.69) is 23.3 Å². The zero-order chi connectivity index (χ0) is 12.0. The van der Waals surface area contributed by atoms with Crippen molar-refractivity contribution in [2.24, 2.45) is 0 Å². The highest BCUT2D eigenvalue weighted by Crippen LogP contribution is 2.16. The van der Waals surface area contributed by atoms with Crippen LogP contribution in [0.5, 0.6) is 0 Å². The zero-order valence-corrected chi connectivity index (χ0v) is 9.85. The predicted octanol–water partition coefficient (Wildman–Crippen LogP) is 1.24. The molecule has 0 amide bonds. The third-order valence-electron chi connectivity index (χ3n) is 2.63. The Hall–Kier alpha value is -1.41. The fourth-order valence-corrected chi connectivity index (χ4v) is 1.73. The fraction of sp³-hybridized carbons (Fsp3) is 0.727. The molecule has 0 fully saturated rings. The molecule has 0 aromatic carbocycles. The second kappa shape index (κ2) is 6.23. The Labute approximate surface area is 95.7 Å². The maximum Gasteiger partial charge on any atom is 0.0999 e. The first-order valence-corrected chi connectivity index (χ1v) is 5.69. The Balaban J connectivity index is 3.03. The zero-order valence-electron chi connectivity index (χ0n) is 9.85. The molecule has 0 aliphatic carbocycles. The number of aliphatic hydroxyl groups is 1. The minimum atomic E-state index is -0.0264. The molecule has 0 saturated heterocycles. The molecule has 88 valence electrons. The van der Waals surface area contributed by atoms with Gasteiger partial charge < -0.3 is 5.11 Å². The van der Waals surface area contributed by atoms with E-state index in [9.17, 15) is 5.11 Å². The van der Waals surface area contributed by atoms with Crippen LogP contribution in [0.3, 0.4) is 0 Å². The van der Waals surface area contributed by atoms with Gasteiger partial charge in [0, 0.05) is 0 Å². The van der Waals surface area contributed by atoms with Gasteiger partial charge in [-0.3, -0.25) is 0 Å². The number of hydrogen-bond donors (Lipinski definition) is 1. The first-order chi connectivity index (χ1) is 7.78. The van der Waals surface area contributed by atoms with E-state index in [1.54, 1.807) is 4.68 Å². The van der Waals surface area contributed by atoms with Crippen molar-refractivity contribution in [3.05, 3.63) is 11.4 Å². The van der Waals surface area contributed by atoms with Crippen molar-refractivity contribution in [1.82, 2.24) is 15.0 Å². The molecule has 1 unspecified atom stereocenters. The van der Waals surface area contributed by atoms with Crippen molar-refractivity contribution in [2.75, 3.05) is 6.61 Å². The molecule has 5 nitrogen and oxygen atoms in total. The molecule has 1 N–H and O–H groups in total. The van der Waals surface area contributed by atoms with Crippen LogP contribution in [-0.4, -0.2) is 26.7 Å². The highest BCUT2D eigenvalue weighted by molar-refractivity contribution is 5.15. The normalized spacial score (nSPS) is 12.4. The Bertz CT molecular complexity index is 363. The lowest BCUT2D eigenvalue weighted by atomic mass is 10.1. The summed E-state index contributed by atoms with van der Waals surface area (Å²) in [5.41, 5.74) is 1.74. The molecule has 1 heterocycles. The first kappa shape index (κ1) is 12.7. The van der Waals surface area contributed by atoms with Gasteiger partial charge >= 0.3 is 0 Å². The van der Waals surface area contributed by atoms with Gasteiger partial charge in [-0.05, 0) is 12.8 Å².